The van der Waals surface area contributed by atoms with E-state index < -0.39 is 0 Å². The molecule has 4 heteroatoms. The average molecular weight is 246 g/mol. The standard InChI is InChI=1S/C13H14N2OS/c1-8-9(2)13(17)15-14-12(8)10-4-6-11(16-3)7-5-10/h4-7H,1-3H3,(H,15,17). The molecule has 0 atom stereocenters. The van der Waals surface area contributed by atoms with Gasteiger partial charge in [0, 0.05) is 5.56 Å². The normalized spacial score (nSPS) is 10.3. The Balaban J connectivity index is 2.53. The molecule has 0 aliphatic rings. The fraction of sp³-hybridized carbons (Fsp3) is 0.231. The number of H-pyrrole nitrogens is 1. The summed E-state index contributed by atoms with van der Waals surface area (Å²) in [5.41, 5.74) is 4.16. The molecule has 0 unspecified atom stereocenters. The minimum absolute atomic E-state index is 0.694. The van der Waals surface area contributed by atoms with E-state index >= 15 is 0 Å². The molecule has 0 saturated carbocycles. The minimum Gasteiger partial charge on any atom is -0.497 e. The van der Waals surface area contributed by atoms with E-state index in [2.05, 4.69) is 10.2 Å². The molecule has 1 heterocycles. The van der Waals surface area contributed by atoms with E-state index in [9.17, 15) is 0 Å². The molecule has 0 spiro atoms. The van der Waals surface area contributed by atoms with Crippen molar-refractivity contribution in [3.63, 3.8) is 0 Å². The molecule has 2 aromatic rings. The summed E-state index contributed by atoms with van der Waals surface area (Å²) in [6.07, 6.45) is 0. The van der Waals surface area contributed by atoms with Crippen molar-refractivity contribution in [1.29, 1.82) is 0 Å². The lowest BCUT2D eigenvalue weighted by Crippen LogP contribution is -1.96. The Kier molecular flexibility index (Phi) is 3.24. The van der Waals surface area contributed by atoms with Gasteiger partial charge in [0.1, 0.15) is 10.4 Å². The van der Waals surface area contributed by atoms with Gasteiger partial charge in [-0.2, -0.15) is 5.10 Å². The number of nitrogens with zero attached hydrogens (tertiary/aromatic N) is 1. The molecule has 1 aromatic carbocycles. The summed E-state index contributed by atoms with van der Waals surface area (Å²) in [6, 6.07) is 7.83. The van der Waals surface area contributed by atoms with E-state index in [-0.39, 0.29) is 0 Å². The van der Waals surface area contributed by atoms with Gasteiger partial charge < -0.3 is 4.74 Å². The van der Waals surface area contributed by atoms with Gasteiger partial charge in [0.25, 0.3) is 0 Å². The SMILES string of the molecule is COc1ccc(-c2n[nH]c(=S)c(C)c2C)cc1. The number of aromatic nitrogens is 2. The molecule has 0 radical (unpaired) electrons. The highest BCUT2D eigenvalue weighted by Gasteiger charge is 2.07. The van der Waals surface area contributed by atoms with Gasteiger partial charge in [0.15, 0.2) is 0 Å². The first-order valence-corrected chi connectivity index (χ1v) is 5.74. The second-order valence-electron chi connectivity index (χ2n) is 3.88. The highest BCUT2D eigenvalue weighted by atomic mass is 32.1. The molecule has 1 N–H and O–H groups in total. The Morgan fingerprint density at radius 1 is 1.12 bits per heavy atom. The number of benzene rings is 1. The molecule has 1 aromatic heterocycles. The fourth-order valence-electron chi connectivity index (χ4n) is 1.65. The van der Waals surface area contributed by atoms with Crippen molar-refractivity contribution >= 4 is 12.2 Å². The van der Waals surface area contributed by atoms with Crippen molar-refractivity contribution in [2.45, 2.75) is 13.8 Å². The smallest absolute Gasteiger partial charge is 0.122 e. The van der Waals surface area contributed by atoms with Gasteiger partial charge in [-0.1, -0.05) is 12.2 Å². The van der Waals surface area contributed by atoms with Crippen LogP contribution in [0.1, 0.15) is 11.1 Å². The van der Waals surface area contributed by atoms with E-state index in [1.54, 1.807) is 7.11 Å². The van der Waals surface area contributed by atoms with Crippen molar-refractivity contribution in [1.82, 2.24) is 10.2 Å². The summed E-state index contributed by atoms with van der Waals surface area (Å²) >= 11 is 5.15. The monoisotopic (exact) mass is 246 g/mol. The highest BCUT2D eigenvalue weighted by molar-refractivity contribution is 7.71. The van der Waals surface area contributed by atoms with Crippen molar-refractivity contribution in [2.75, 3.05) is 7.11 Å². The van der Waals surface area contributed by atoms with E-state index in [0.717, 1.165) is 28.1 Å². The third-order valence-electron chi connectivity index (χ3n) is 2.89. The van der Waals surface area contributed by atoms with Crippen LogP contribution in [0.25, 0.3) is 11.3 Å². The van der Waals surface area contributed by atoms with E-state index in [0.29, 0.717) is 4.64 Å². The van der Waals surface area contributed by atoms with Crippen LogP contribution in [0.2, 0.25) is 0 Å². The van der Waals surface area contributed by atoms with Gasteiger partial charge in [0.2, 0.25) is 0 Å². The van der Waals surface area contributed by atoms with Gasteiger partial charge in [-0.25, -0.2) is 0 Å². The molecule has 17 heavy (non-hydrogen) atoms. The zero-order chi connectivity index (χ0) is 12.4. The molecule has 0 bridgehead atoms. The lowest BCUT2D eigenvalue weighted by atomic mass is 10.0. The van der Waals surface area contributed by atoms with Crippen molar-refractivity contribution in [3.8, 4) is 17.0 Å². The summed E-state index contributed by atoms with van der Waals surface area (Å²) in [4.78, 5) is 0. The van der Waals surface area contributed by atoms with Crippen molar-refractivity contribution < 1.29 is 4.74 Å². The summed E-state index contributed by atoms with van der Waals surface area (Å²) < 4.78 is 5.83. The predicted octanol–water partition coefficient (Wildman–Crippen LogP) is 3.43. The second-order valence-corrected chi connectivity index (χ2v) is 4.29. The Hall–Kier alpha value is -1.68. The molecule has 0 aliphatic heterocycles. The van der Waals surface area contributed by atoms with Gasteiger partial charge in [-0.3, -0.25) is 5.10 Å². The van der Waals surface area contributed by atoms with Crippen LogP contribution in [0.3, 0.4) is 0 Å². The Morgan fingerprint density at radius 3 is 2.35 bits per heavy atom. The van der Waals surface area contributed by atoms with Gasteiger partial charge >= 0.3 is 0 Å². The van der Waals surface area contributed by atoms with Crippen molar-refractivity contribution in [2.24, 2.45) is 0 Å². The second kappa shape index (κ2) is 4.67. The van der Waals surface area contributed by atoms with Gasteiger partial charge in [0.05, 0.1) is 12.8 Å². The zero-order valence-electron chi connectivity index (χ0n) is 10.1. The lowest BCUT2D eigenvalue weighted by Gasteiger charge is -2.08. The summed E-state index contributed by atoms with van der Waals surface area (Å²) in [6.45, 7) is 4.04. The molecule has 0 amide bonds. The Bertz CT molecular complexity index is 587. The quantitative estimate of drug-likeness (QED) is 0.825. The number of methoxy groups -OCH3 is 1. The van der Waals surface area contributed by atoms with Crippen LogP contribution in [0.15, 0.2) is 24.3 Å². The molecular formula is C13H14N2OS. The predicted molar refractivity (Wildman–Crippen MR) is 70.9 cm³/mol. The molecule has 3 nitrogen and oxygen atoms in total. The van der Waals surface area contributed by atoms with E-state index in [4.69, 9.17) is 17.0 Å². The minimum atomic E-state index is 0.694. The average Bonchev–Trinajstić information content (AvgIpc) is 2.36. The maximum atomic E-state index is 5.15. The van der Waals surface area contributed by atoms with E-state index in [1.807, 2.05) is 38.1 Å². The topological polar surface area (TPSA) is 37.9 Å². The van der Waals surface area contributed by atoms with Crippen LogP contribution in [0.4, 0.5) is 0 Å². The van der Waals surface area contributed by atoms with Gasteiger partial charge in [-0.05, 0) is 49.2 Å². The van der Waals surface area contributed by atoms with E-state index in [1.165, 1.54) is 0 Å². The maximum Gasteiger partial charge on any atom is 0.122 e. The van der Waals surface area contributed by atoms with Gasteiger partial charge in [-0.15, -0.1) is 0 Å². The van der Waals surface area contributed by atoms with Crippen LogP contribution in [0.5, 0.6) is 5.75 Å². The summed E-state index contributed by atoms with van der Waals surface area (Å²) in [5, 5.41) is 7.16. The van der Waals surface area contributed by atoms with Crippen LogP contribution in [-0.4, -0.2) is 17.3 Å². The van der Waals surface area contributed by atoms with Crippen LogP contribution < -0.4 is 4.74 Å². The lowest BCUT2D eigenvalue weighted by molar-refractivity contribution is 0.415. The Labute approximate surface area is 105 Å². The maximum absolute atomic E-state index is 5.15. The molecule has 2 rings (SSSR count). The van der Waals surface area contributed by atoms with Crippen molar-refractivity contribution in [3.05, 3.63) is 40.0 Å². The molecular weight excluding hydrogens is 232 g/mol. The summed E-state index contributed by atoms with van der Waals surface area (Å²) in [7, 11) is 1.66. The van der Waals surface area contributed by atoms with Crippen LogP contribution in [0, 0.1) is 18.5 Å². The number of hydrogen-bond donors (Lipinski definition) is 1. The molecule has 88 valence electrons. The third-order valence-corrected chi connectivity index (χ3v) is 3.29. The first-order chi connectivity index (χ1) is 8.13. The first-order valence-electron chi connectivity index (χ1n) is 5.34. The first kappa shape index (κ1) is 11.8. The number of nitrogens with one attached hydrogen (secondary N) is 1. The Morgan fingerprint density at radius 2 is 1.76 bits per heavy atom. The van der Waals surface area contributed by atoms with Crippen LogP contribution in [-0.2, 0) is 0 Å². The molecule has 0 saturated heterocycles. The molecule has 0 fully saturated rings. The third kappa shape index (κ3) is 2.22. The highest BCUT2D eigenvalue weighted by Crippen LogP contribution is 2.24. The number of ether oxygens (including phenoxy) is 1. The van der Waals surface area contributed by atoms with Crippen LogP contribution >= 0.6 is 12.2 Å². The fourth-order valence-corrected chi connectivity index (χ4v) is 1.85. The number of rotatable bonds is 2. The summed E-state index contributed by atoms with van der Waals surface area (Å²) in [5.74, 6) is 0.840. The zero-order valence-corrected chi connectivity index (χ0v) is 10.9. The largest absolute Gasteiger partial charge is 0.497 e. The number of hydrogen-bond acceptors (Lipinski definition) is 3. The molecule has 0 aliphatic carbocycles. The number of aromatic amines is 1.